The van der Waals surface area contributed by atoms with E-state index >= 15 is 0 Å². The summed E-state index contributed by atoms with van der Waals surface area (Å²) in [6, 6.07) is 6.08. The van der Waals surface area contributed by atoms with Gasteiger partial charge < -0.3 is 10.3 Å². The topological polar surface area (TPSA) is 69.6 Å². The van der Waals surface area contributed by atoms with Crippen molar-refractivity contribution in [1.29, 1.82) is 0 Å². The average Bonchev–Trinajstić information content (AvgIpc) is 2.76. The van der Waals surface area contributed by atoms with Gasteiger partial charge >= 0.3 is 0 Å². The first kappa shape index (κ1) is 10.9. The van der Waals surface area contributed by atoms with Gasteiger partial charge in [-0.2, -0.15) is 0 Å². The van der Waals surface area contributed by atoms with Gasteiger partial charge in [-0.3, -0.25) is 0 Å². The summed E-state index contributed by atoms with van der Waals surface area (Å²) in [4.78, 5) is 12.7. The Labute approximate surface area is 104 Å². The van der Waals surface area contributed by atoms with E-state index in [0.29, 0.717) is 6.54 Å². The van der Waals surface area contributed by atoms with E-state index in [0.717, 1.165) is 28.0 Å². The SMILES string of the molecule is Cn1c(-c2cncnc2)nc2cc(CN)ccc21. The fourth-order valence-corrected chi connectivity index (χ4v) is 2.05. The zero-order valence-electron chi connectivity index (χ0n) is 10.0. The summed E-state index contributed by atoms with van der Waals surface area (Å²) in [6.07, 6.45) is 5.04. The van der Waals surface area contributed by atoms with E-state index < -0.39 is 0 Å². The van der Waals surface area contributed by atoms with Crippen molar-refractivity contribution in [3.63, 3.8) is 0 Å². The lowest BCUT2D eigenvalue weighted by atomic mass is 10.2. The monoisotopic (exact) mass is 239 g/mol. The van der Waals surface area contributed by atoms with Crippen LogP contribution >= 0.6 is 0 Å². The molecule has 3 aromatic rings. The molecular formula is C13H13N5. The molecule has 0 amide bonds. The van der Waals surface area contributed by atoms with E-state index in [2.05, 4.69) is 15.0 Å². The molecule has 1 aromatic carbocycles. The molecule has 0 radical (unpaired) electrons. The van der Waals surface area contributed by atoms with Crippen LogP contribution in [0.2, 0.25) is 0 Å². The number of aryl methyl sites for hydroxylation is 1. The Bertz CT molecular complexity index is 687. The molecule has 0 aliphatic rings. The highest BCUT2D eigenvalue weighted by Crippen LogP contribution is 2.23. The largest absolute Gasteiger partial charge is 0.327 e. The molecule has 0 fully saturated rings. The van der Waals surface area contributed by atoms with E-state index in [1.165, 1.54) is 6.33 Å². The molecule has 5 nitrogen and oxygen atoms in total. The molecule has 0 saturated carbocycles. The summed E-state index contributed by atoms with van der Waals surface area (Å²) in [5.74, 6) is 0.861. The Morgan fingerprint density at radius 1 is 1.22 bits per heavy atom. The Morgan fingerprint density at radius 2 is 2.00 bits per heavy atom. The summed E-state index contributed by atoms with van der Waals surface area (Å²) in [5.41, 5.74) is 9.65. The van der Waals surface area contributed by atoms with E-state index in [1.54, 1.807) is 12.4 Å². The third-order valence-electron chi connectivity index (χ3n) is 3.00. The molecule has 18 heavy (non-hydrogen) atoms. The van der Waals surface area contributed by atoms with Gasteiger partial charge in [0.25, 0.3) is 0 Å². The number of rotatable bonds is 2. The minimum atomic E-state index is 0.524. The van der Waals surface area contributed by atoms with Gasteiger partial charge in [-0.1, -0.05) is 6.07 Å². The van der Waals surface area contributed by atoms with Crippen LogP contribution in [0.15, 0.2) is 36.9 Å². The molecule has 2 N–H and O–H groups in total. The predicted molar refractivity (Wildman–Crippen MR) is 69.6 cm³/mol. The van der Waals surface area contributed by atoms with E-state index in [1.807, 2.05) is 29.8 Å². The Kier molecular flexibility index (Phi) is 2.53. The van der Waals surface area contributed by atoms with Crippen LogP contribution in [0.3, 0.4) is 0 Å². The van der Waals surface area contributed by atoms with E-state index in [9.17, 15) is 0 Å². The molecule has 90 valence electrons. The number of nitrogens with zero attached hydrogens (tertiary/aromatic N) is 4. The van der Waals surface area contributed by atoms with Crippen molar-refractivity contribution in [2.24, 2.45) is 12.8 Å². The van der Waals surface area contributed by atoms with Crippen LogP contribution in [0.4, 0.5) is 0 Å². The van der Waals surface area contributed by atoms with Crippen LogP contribution in [0.5, 0.6) is 0 Å². The van der Waals surface area contributed by atoms with Crippen LogP contribution in [0.1, 0.15) is 5.56 Å². The van der Waals surface area contributed by atoms with Crippen LogP contribution in [0, 0.1) is 0 Å². The van der Waals surface area contributed by atoms with Gasteiger partial charge in [-0.05, 0) is 17.7 Å². The van der Waals surface area contributed by atoms with Crippen LogP contribution in [0.25, 0.3) is 22.4 Å². The van der Waals surface area contributed by atoms with E-state index in [-0.39, 0.29) is 0 Å². The third-order valence-corrected chi connectivity index (χ3v) is 3.00. The maximum Gasteiger partial charge on any atom is 0.143 e. The molecule has 5 heteroatoms. The normalized spacial score (nSPS) is 11.0. The summed E-state index contributed by atoms with van der Waals surface area (Å²) in [6.45, 7) is 0.524. The lowest BCUT2D eigenvalue weighted by Gasteiger charge is -2.01. The van der Waals surface area contributed by atoms with Gasteiger partial charge in [0.1, 0.15) is 12.2 Å². The van der Waals surface area contributed by atoms with Crippen molar-refractivity contribution in [2.75, 3.05) is 0 Å². The molecule has 0 aliphatic carbocycles. The van der Waals surface area contributed by atoms with E-state index in [4.69, 9.17) is 5.73 Å². The van der Waals surface area contributed by atoms with Crippen molar-refractivity contribution in [2.45, 2.75) is 6.54 Å². The number of imidazole rings is 1. The molecule has 0 unspecified atom stereocenters. The Balaban J connectivity index is 2.23. The highest BCUT2D eigenvalue weighted by atomic mass is 15.1. The maximum atomic E-state index is 5.64. The van der Waals surface area contributed by atoms with Gasteiger partial charge in [0.2, 0.25) is 0 Å². The molecule has 2 heterocycles. The Hall–Kier alpha value is -2.27. The van der Waals surface area contributed by atoms with Crippen LogP contribution in [-0.4, -0.2) is 19.5 Å². The first-order valence-corrected chi connectivity index (χ1v) is 5.70. The van der Waals surface area contributed by atoms with Crippen molar-refractivity contribution in [3.8, 4) is 11.4 Å². The number of hydrogen-bond donors (Lipinski definition) is 1. The number of nitrogens with two attached hydrogens (primary N) is 1. The van der Waals surface area contributed by atoms with Gasteiger partial charge in [-0.25, -0.2) is 15.0 Å². The fourth-order valence-electron chi connectivity index (χ4n) is 2.05. The number of aromatic nitrogens is 4. The first-order valence-electron chi connectivity index (χ1n) is 5.70. The zero-order chi connectivity index (χ0) is 12.5. The van der Waals surface area contributed by atoms with Gasteiger partial charge in [0.15, 0.2) is 0 Å². The molecular weight excluding hydrogens is 226 g/mol. The van der Waals surface area contributed by atoms with Crippen LogP contribution in [-0.2, 0) is 13.6 Å². The lowest BCUT2D eigenvalue weighted by molar-refractivity contribution is 0.953. The summed E-state index contributed by atoms with van der Waals surface area (Å²) in [7, 11) is 1.99. The highest BCUT2D eigenvalue weighted by molar-refractivity contribution is 5.80. The average molecular weight is 239 g/mol. The second-order valence-electron chi connectivity index (χ2n) is 4.15. The molecule has 0 saturated heterocycles. The predicted octanol–water partition coefficient (Wildman–Crippen LogP) is 1.49. The smallest absolute Gasteiger partial charge is 0.143 e. The summed E-state index contributed by atoms with van der Waals surface area (Å²) < 4.78 is 2.04. The molecule has 0 spiro atoms. The fraction of sp³-hybridized carbons (Fsp3) is 0.154. The van der Waals surface area contributed by atoms with Crippen molar-refractivity contribution in [3.05, 3.63) is 42.5 Å². The number of benzene rings is 1. The van der Waals surface area contributed by atoms with Crippen molar-refractivity contribution >= 4 is 11.0 Å². The molecule has 3 rings (SSSR count). The van der Waals surface area contributed by atoms with Gasteiger partial charge in [0, 0.05) is 26.0 Å². The molecule has 2 aromatic heterocycles. The molecule has 0 atom stereocenters. The molecule has 0 bridgehead atoms. The Morgan fingerprint density at radius 3 is 2.72 bits per heavy atom. The number of hydrogen-bond acceptors (Lipinski definition) is 4. The third kappa shape index (κ3) is 1.65. The van der Waals surface area contributed by atoms with Gasteiger partial charge in [0.05, 0.1) is 16.6 Å². The minimum Gasteiger partial charge on any atom is -0.327 e. The summed E-state index contributed by atoms with van der Waals surface area (Å²) >= 11 is 0. The number of fused-ring (bicyclic) bond motifs is 1. The quantitative estimate of drug-likeness (QED) is 0.735. The minimum absolute atomic E-state index is 0.524. The second-order valence-corrected chi connectivity index (χ2v) is 4.15. The van der Waals surface area contributed by atoms with Crippen molar-refractivity contribution in [1.82, 2.24) is 19.5 Å². The maximum absolute atomic E-state index is 5.64. The van der Waals surface area contributed by atoms with Crippen molar-refractivity contribution < 1.29 is 0 Å². The summed E-state index contributed by atoms with van der Waals surface area (Å²) in [5, 5.41) is 0. The lowest BCUT2D eigenvalue weighted by Crippen LogP contribution is -1.96. The second kappa shape index (κ2) is 4.19. The zero-order valence-corrected chi connectivity index (χ0v) is 10.0. The van der Waals surface area contributed by atoms with Gasteiger partial charge in [-0.15, -0.1) is 0 Å². The van der Waals surface area contributed by atoms with Crippen LogP contribution < -0.4 is 5.73 Å². The highest BCUT2D eigenvalue weighted by Gasteiger charge is 2.10. The first-order chi connectivity index (χ1) is 8.79. The molecule has 0 aliphatic heterocycles. The standard InChI is InChI=1S/C13H13N5/c1-18-12-3-2-9(5-14)4-11(12)17-13(18)10-6-15-8-16-7-10/h2-4,6-8H,5,14H2,1H3.